The molecule has 0 fully saturated rings. The van der Waals surface area contributed by atoms with Crippen LogP contribution in [0.5, 0.6) is 5.88 Å². The SMILES string of the molecule is C=C(C)C1=CN(CCCC)C(=C(C=O)c2cccnc2OCC)S1. The van der Waals surface area contributed by atoms with Gasteiger partial charge in [-0.25, -0.2) is 4.98 Å². The molecule has 5 heteroatoms. The van der Waals surface area contributed by atoms with Gasteiger partial charge in [0.25, 0.3) is 0 Å². The number of thioether (sulfide) groups is 1. The Kier molecular flexibility index (Phi) is 6.67. The van der Waals surface area contributed by atoms with Crippen LogP contribution < -0.4 is 4.74 Å². The summed E-state index contributed by atoms with van der Waals surface area (Å²) in [5, 5.41) is 0.922. The quantitative estimate of drug-likeness (QED) is 0.509. The average molecular weight is 344 g/mol. The molecule has 0 saturated heterocycles. The van der Waals surface area contributed by atoms with E-state index in [0.717, 1.165) is 46.7 Å². The molecule has 0 radical (unpaired) electrons. The summed E-state index contributed by atoms with van der Waals surface area (Å²) in [7, 11) is 0. The van der Waals surface area contributed by atoms with Crippen LogP contribution in [0.25, 0.3) is 5.57 Å². The Bertz CT molecular complexity index is 680. The second-order valence-corrected chi connectivity index (χ2v) is 6.58. The summed E-state index contributed by atoms with van der Waals surface area (Å²) in [6.45, 7) is 11.5. The lowest BCUT2D eigenvalue weighted by molar-refractivity contribution is -0.103. The van der Waals surface area contributed by atoms with E-state index in [4.69, 9.17) is 4.74 Å². The topological polar surface area (TPSA) is 42.4 Å². The Morgan fingerprint density at radius 1 is 1.46 bits per heavy atom. The van der Waals surface area contributed by atoms with E-state index >= 15 is 0 Å². The number of carbonyl (C=O) groups excluding carboxylic acids is 1. The Morgan fingerprint density at radius 2 is 2.25 bits per heavy atom. The van der Waals surface area contributed by atoms with E-state index < -0.39 is 0 Å². The molecule has 0 spiro atoms. The van der Waals surface area contributed by atoms with Crippen molar-refractivity contribution in [2.75, 3.05) is 13.2 Å². The molecule has 0 aliphatic carbocycles. The van der Waals surface area contributed by atoms with Crippen molar-refractivity contribution in [3.8, 4) is 5.88 Å². The van der Waals surface area contributed by atoms with Crippen LogP contribution in [-0.4, -0.2) is 29.3 Å². The van der Waals surface area contributed by atoms with Crippen LogP contribution in [0.4, 0.5) is 0 Å². The summed E-state index contributed by atoms with van der Waals surface area (Å²) in [5.41, 5.74) is 2.34. The number of ether oxygens (including phenoxy) is 1. The number of hydrogen-bond acceptors (Lipinski definition) is 5. The fraction of sp³-hybridized carbons (Fsp3) is 0.368. The molecule has 0 unspecified atom stereocenters. The number of pyridine rings is 1. The number of hydrogen-bond donors (Lipinski definition) is 0. The third-order valence-corrected chi connectivity index (χ3v) is 4.93. The standard InChI is InChI=1S/C19H24N2O2S/c1-5-7-11-21-12-17(14(3)4)24-19(21)16(13-22)15-9-8-10-20-18(15)23-6-2/h8-10,12-13H,3,5-7,11H2,1-2,4H3. The lowest BCUT2D eigenvalue weighted by atomic mass is 10.1. The van der Waals surface area contributed by atoms with Gasteiger partial charge in [-0.05, 0) is 38.0 Å². The van der Waals surface area contributed by atoms with Crippen LogP contribution in [0.2, 0.25) is 0 Å². The zero-order valence-corrected chi connectivity index (χ0v) is 15.4. The highest BCUT2D eigenvalue weighted by molar-refractivity contribution is 8.07. The van der Waals surface area contributed by atoms with Gasteiger partial charge in [-0.2, -0.15) is 0 Å². The van der Waals surface area contributed by atoms with E-state index in [1.54, 1.807) is 18.0 Å². The van der Waals surface area contributed by atoms with Gasteiger partial charge in [-0.1, -0.05) is 31.7 Å². The first-order valence-electron chi connectivity index (χ1n) is 8.22. The first-order chi connectivity index (χ1) is 11.6. The molecular weight excluding hydrogens is 320 g/mol. The zero-order valence-electron chi connectivity index (χ0n) is 14.5. The molecule has 0 N–H and O–H groups in total. The summed E-state index contributed by atoms with van der Waals surface area (Å²) < 4.78 is 5.60. The summed E-state index contributed by atoms with van der Waals surface area (Å²) in [6, 6.07) is 3.71. The van der Waals surface area contributed by atoms with Crippen LogP contribution >= 0.6 is 11.8 Å². The van der Waals surface area contributed by atoms with Crippen molar-refractivity contribution >= 4 is 23.6 Å². The molecule has 0 bridgehead atoms. The molecule has 0 atom stereocenters. The number of allylic oxidation sites excluding steroid dienone is 2. The van der Waals surface area contributed by atoms with Gasteiger partial charge in [0.05, 0.1) is 17.2 Å². The minimum atomic E-state index is 0.495. The van der Waals surface area contributed by atoms with E-state index in [9.17, 15) is 4.79 Å². The lowest BCUT2D eigenvalue weighted by Crippen LogP contribution is -2.15. The van der Waals surface area contributed by atoms with Crippen LogP contribution in [0.1, 0.15) is 39.2 Å². The highest BCUT2D eigenvalue weighted by Gasteiger charge is 2.25. The van der Waals surface area contributed by atoms with Gasteiger partial charge >= 0.3 is 0 Å². The normalized spacial score (nSPS) is 16.0. The van der Waals surface area contributed by atoms with Crippen molar-refractivity contribution in [1.82, 2.24) is 9.88 Å². The third-order valence-electron chi connectivity index (χ3n) is 3.60. The maximum absolute atomic E-state index is 11.9. The zero-order chi connectivity index (χ0) is 17.5. The molecule has 2 heterocycles. The first kappa shape index (κ1) is 18.3. The molecule has 0 saturated carbocycles. The number of aromatic nitrogens is 1. The summed E-state index contributed by atoms with van der Waals surface area (Å²) in [5.74, 6) is 0.495. The number of nitrogens with zero attached hydrogens (tertiary/aromatic N) is 2. The van der Waals surface area contributed by atoms with Crippen LogP contribution in [-0.2, 0) is 4.79 Å². The minimum absolute atomic E-state index is 0.495. The molecular formula is C19H24N2O2S. The molecule has 1 aromatic rings. The van der Waals surface area contributed by atoms with Gasteiger partial charge in [0, 0.05) is 29.4 Å². The highest BCUT2D eigenvalue weighted by Crippen LogP contribution is 2.43. The minimum Gasteiger partial charge on any atom is -0.478 e. The van der Waals surface area contributed by atoms with Crippen molar-refractivity contribution in [3.05, 3.63) is 52.2 Å². The number of aldehydes is 1. The average Bonchev–Trinajstić information content (AvgIpc) is 3.00. The Labute approximate surface area is 148 Å². The highest BCUT2D eigenvalue weighted by atomic mass is 32.2. The number of unbranched alkanes of at least 4 members (excludes halogenated alkanes) is 1. The van der Waals surface area contributed by atoms with Gasteiger partial charge < -0.3 is 9.64 Å². The summed E-state index contributed by atoms with van der Waals surface area (Å²) in [4.78, 5) is 19.4. The molecule has 1 aliphatic heterocycles. The summed E-state index contributed by atoms with van der Waals surface area (Å²) in [6.07, 6.45) is 6.81. The Balaban J connectivity index is 2.49. The molecule has 0 amide bonds. The van der Waals surface area contributed by atoms with Gasteiger partial charge in [0.1, 0.15) is 0 Å². The molecule has 2 rings (SSSR count). The van der Waals surface area contributed by atoms with Crippen LogP contribution in [0.15, 0.2) is 46.6 Å². The third kappa shape index (κ3) is 4.09. The van der Waals surface area contributed by atoms with Gasteiger partial charge in [-0.15, -0.1) is 0 Å². The second kappa shape index (κ2) is 8.73. The fourth-order valence-corrected chi connectivity index (χ4v) is 3.46. The van der Waals surface area contributed by atoms with E-state index in [1.165, 1.54) is 0 Å². The van der Waals surface area contributed by atoms with Crippen molar-refractivity contribution in [3.63, 3.8) is 0 Å². The summed E-state index contributed by atoms with van der Waals surface area (Å²) >= 11 is 1.58. The maximum atomic E-state index is 11.9. The van der Waals surface area contributed by atoms with E-state index in [2.05, 4.69) is 29.6 Å². The van der Waals surface area contributed by atoms with E-state index in [1.807, 2.05) is 26.0 Å². The molecule has 0 aromatic carbocycles. The predicted octanol–water partition coefficient (Wildman–Crippen LogP) is 4.61. The van der Waals surface area contributed by atoms with Crippen molar-refractivity contribution in [2.24, 2.45) is 0 Å². The lowest BCUT2D eigenvalue weighted by Gasteiger charge is -2.19. The van der Waals surface area contributed by atoms with Crippen LogP contribution in [0, 0.1) is 0 Å². The Hall–Kier alpha value is -2.01. The molecule has 128 valence electrons. The van der Waals surface area contributed by atoms with Gasteiger partial charge in [0.2, 0.25) is 5.88 Å². The second-order valence-electron chi connectivity index (χ2n) is 5.55. The smallest absolute Gasteiger partial charge is 0.221 e. The van der Waals surface area contributed by atoms with Crippen LogP contribution in [0.3, 0.4) is 0 Å². The molecule has 1 aromatic heterocycles. The fourth-order valence-electron chi connectivity index (χ4n) is 2.37. The Morgan fingerprint density at radius 3 is 2.88 bits per heavy atom. The first-order valence-corrected chi connectivity index (χ1v) is 9.03. The molecule has 1 aliphatic rings. The monoisotopic (exact) mass is 344 g/mol. The van der Waals surface area contributed by atoms with Crippen molar-refractivity contribution < 1.29 is 9.53 Å². The van der Waals surface area contributed by atoms with Crippen molar-refractivity contribution in [2.45, 2.75) is 33.6 Å². The van der Waals surface area contributed by atoms with Crippen molar-refractivity contribution in [1.29, 1.82) is 0 Å². The number of rotatable bonds is 8. The predicted molar refractivity (Wildman–Crippen MR) is 100 cm³/mol. The molecule has 24 heavy (non-hydrogen) atoms. The van der Waals surface area contributed by atoms with E-state index in [-0.39, 0.29) is 0 Å². The molecule has 4 nitrogen and oxygen atoms in total. The number of carbonyl (C=O) groups is 1. The van der Waals surface area contributed by atoms with Gasteiger partial charge in [0.15, 0.2) is 6.29 Å². The van der Waals surface area contributed by atoms with E-state index in [0.29, 0.717) is 18.1 Å². The maximum Gasteiger partial charge on any atom is 0.221 e. The van der Waals surface area contributed by atoms with Gasteiger partial charge in [-0.3, -0.25) is 4.79 Å². The largest absolute Gasteiger partial charge is 0.478 e.